The van der Waals surface area contributed by atoms with E-state index >= 15 is 0 Å². The molecule has 0 saturated carbocycles. The van der Waals surface area contributed by atoms with Gasteiger partial charge >= 0.3 is 5.97 Å². The third kappa shape index (κ3) is 4.66. The standard InChI is InChI=1S/C15H22N2O3/c1-4-9-15(3,14(19)20)16-10-13(18)17-12-7-5-11(2)6-8-12/h5-8,16H,4,9-10H2,1-3H3,(H,17,18)(H,19,20). The van der Waals surface area contributed by atoms with E-state index in [1.807, 2.05) is 38.1 Å². The van der Waals surface area contributed by atoms with Crippen molar-refractivity contribution in [3.05, 3.63) is 29.8 Å². The lowest BCUT2D eigenvalue weighted by Crippen LogP contribution is -2.51. The number of carbonyl (C=O) groups is 2. The largest absolute Gasteiger partial charge is 0.480 e. The monoisotopic (exact) mass is 278 g/mol. The molecule has 1 atom stereocenters. The van der Waals surface area contributed by atoms with Gasteiger partial charge < -0.3 is 10.4 Å². The maximum absolute atomic E-state index is 11.8. The lowest BCUT2D eigenvalue weighted by molar-refractivity contribution is -0.144. The first-order valence-corrected chi connectivity index (χ1v) is 6.72. The summed E-state index contributed by atoms with van der Waals surface area (Å²) in [6.45, 7) is 5.44. The normalized spacial score (nSPS) is 13.6. The van der Waals surface area contributed by atoms with Crippen molar-refractivity contribution in [2.75, 3.05) is 11.9 Å². The van der Waals surface area contributed by atoms with Gasteiger partial charge in [-0.2, -0.15) is 0 Å². The Bertz CT molecular complexity index is 471. The molecule has 3 N–H and O–H groups in total. The summed E-state index contributed by atoms with van der Waals surface area (Å²) in [5, 5.41) is 14.7. The van der Waals surface area contributed by atoms with Gasteiger partial charge in [-0.05, 0) is 32.4 Å². The molecule has 5 heteroatoms. The van der Waals surface area contributed by atoms with E-state index in [-0.39, 0.29) is 12.5 Å². The zero-order valence-electron chi connectivity index (χ0n) is 12.2. The van der Waals surface area contributed by atoms with Gasteiger partial charge in [-0.15, -0.1) is 0 Å². The van der Waals surface area contributed by atoms with E-state index in [1.54, 1.807) is 6.92 Å². The highest BCUT2D eigenvalue weighted by molar-refractivity contribution is 5.92. The molecule has 0 aliphatic heterocycles. The van der Waals surface area contributed by atoms with Crippen LogP contribution in [-0.4, -0.2) is 29.1 Å². The number of anilines is 1. The molecule has 0 aromatic heterocycles. The van der Waals surface area contributed by atoms with Crippen LogP contribution in [0.3, 0.4) is 0 Å². The molecule has 1 amide bonds. The van der Waals surface area contributed by atoms with Crippen molar-refractivity contribution in [1.82, 2.24) is 5.32 Å². The quantitative estimate of drug-likeness (QED) is 0.714. The van der Waals surface area contributed by atoms with Crippen LogP contribution < -0.4 is 10.6 Å². The van der Waals surface area contributed by atoms with Crippen molar-refractivity contribution in [1.29, 1.82) is 0 Å². The van der Waals surface area contributed by atoms with E-state index in [9.17, 15) is 14.7 Å². The molecule has 0 aliphatic rings. The lowest BCUT2D eigenvalue weighted by atomic mass is 9.96. The average Bonchev–Trinajstić information content (AvgIpc) is 2.39. The van der Waals surface area contributed by atoms with Crippen LogP contribution in [0, 0.1) is 6.92 Å². The summed E-state index contributed by atoms with van der Waals surface area (Å²) in [6.07, 6.45) is 1.20. The average molecular weight is 278 g/mol. The molecule has 0 saturated heterocycles. The number of aliphatic carboxylic acids is 1. The second kappa shape index (κ2) is 7.05. The second-order valence-electron chi connectivity index (χ2n) is 5.16. The smallest absolute Gasteiger partial charge is 0.323 e. The van der Waals surface area contributed by atoms with Crippen molar-refractivity contribution >= 4 is 17.6 Å². The maximum atomic E-state index is 11.8. The van der Waals surface area contributed by atoms with Gasteiger partial charge in [-0.1, -0.05) is 31.0 Å². The van der Waals surface area contributed by atoms with E-state index in [1.165, 1.54) is 0 Å². The number of aryl methyl sites for hydroxylation is 1. The number of carbonyl (C=O) groups excluding carboxylic acids is 1. The third-order valence-corrected chi connectivity index (χ3v) is 3.20. The van der Waals surface area contributed by atoms with Crippen LogP contribution in [0.5, 0.6) is 0 Å². The number of benzene rings is 1. The van der Waals surface area contributed by atoms with Gasteiger partial charge in [0.1, 0.15) is 5.54 Å². The van der Waals surface area contributed by atoms with E-state index in [0.717, 1.165) is 12.0 Å². The Labute approximate surface area is 119 Å². The Balaban J connectivity index is 2.54. The first-order valence-electron chi connectivity index (χ1n) is 6.72. The fourth-order valence-electron chi connectivity index (χ4n) is 1.89. The number of carboxylic acids is 1. The van der Waals surface area contributed by atoms with Gasteiger partial charge in [-0.3, -0.25) is 14.9 Å². The van der Waals surface area contributed by atoms with Crippen LogP contribution in [0.15, 0.2) is 24.3 Å². The van der Waals surface area contributed by atoms with Crippen LogP contribution >= 0.6 is 0 Å². The first-order chi connectivity index (χ1) is 9.37. The SMILES string of the molecule is CCCC(C)(NCC(=O)Nc1ccc(C)cc1)C(=O)O. The highest BCUT2D eigenvalue weighted by atomic mass is 16.4. The summed E-state index contributed by atoms with van der Waals surface area (Å²) in [4.78, 5) is 23.0. The fraction of sp³-hybridized carbons (Fsp3) is 0.467. The number of amides is 1. The number of hydrogen-bond acceptors (Lipinski definition) is 3. The van der Waals surface area contributed by atoms with Crippen LogP contribution in [0.1, 0.15) is 32.3 Å². The zero-order valence-corrected chi connectivity index (χ0v) is 12.2. The molecule has 0 heterocycles. The van der Waals surface area contributed by atoms with Crippen molar-refractivity contribution in [2.24, 2.45) is 0 Å². The summed E-state index contributed by atoms with van der Waals surface area (Å²) >= 11 is 0. The number of hydrogen-bond donors (Lipinski definition) is 3. The second-order valence-corrected chi connectivity index (χ2v) is 5.16. The van der Waals surface area contributed by atoms with Gasteiger partial charge in [0.2, 0.25) is 5.91 Å². The minimum absolute atomic E-state index is 0.0311. The van der Waals surface area contributed by atoms with Crippen molar-refractivity contribution < 1.29 is 14.7 Å². The maximum Gasteiger partial charge on any atom is 0.323 e. The van der Waals surface area contributed by atoms with Crippen LogP contribution in [0.4, 0.5) is 5.69 Å². The molecular formula is C15H22N2O3. The Hall–Kier alpha value is -1.88. The summed E-state index contributed by atoms with van der Waals surface area (Å²) in [6, 6.07) is 7.44. The number of rotatable bonds is 7. The van der Waals surface area contributed by atoms with Crippen LogP contribution in [0.2, 0.25) is 0 Å². The molecule has 20 heavy (non-hydrogen) atoms. The Morgan fingerprint density at radius 3 is 2.35 bits per heavy atom. The van der Waals surface area contributed by atoms with Crippen molar-refractivity contribution in [2.45, 2.75) is 39.2 Å². The summed E-state index contributed by atoms with van der Waals surface area (Å²) < 4.78 is 0. The van der Waals surface area contributed by atoms with E-state index in [0.29, 0.717) is 12.1 Å². The lowest BCUT2D eigenvalue weighted by Gasteiger charge is -2.25. The summed E-state index contributed by atoms with van der Waals surface area (Å²) in [5.74, 6) is -1.19. The molecule has 0 aliphatic carbocycles. The van der Waals surface area contributed by atoms with Crippen LogP contribution in [0.25, 0.3) is 0 Å². The Morgan fingerprint density at radius 1 is 1.25 bits per heavy atom. The molecule has 1 aromatic rings. The van der Waals surface area contributed by atoms with Gasteiger partial charge in [0.15, 0.2) is 0 Å². The van der Waals surface area contributed by atoms with E-state index in [2.05, 4.69) is 10.6 Å². The Morgan fingerprint density at radius 2 is 1.85 bits per heavy atom. The van der Waals surface area contributed by atoms with Crippen molar-refractivity contribution in [3.8, 4) is 0 Å². The third-order valence-electron chi connectivity index (χ3n) is 3.20. The Kier molecular flexibility index (Phi) is 5.70. The topological polar surface area (TPSA) is 78.4 Å². The van der Waals surface area contributed by atoms with Gasteiger partial charge in [0.25, 0.3) is 0 Å². The van der Waals surface area contributed by atoms with E-state index < -0.39 is 11.5 Å². The van der Waals surface area contributed by atoms with Gasteiger partial charge in [-0.25, -0.2) is 0 Å². The highest BCUT2D eigenvalue weighted by Gasteiger charge is 2.31. The molecule has 1 unspecified atom stereocenters. The predicted octanol–water partition coefficient (Wildman–Crippen LogP) is 2.17. The molecule has 1 aromatic carbocycles. The molecule has 0 spiro atoms. The molecule has 1 rings (SSSR count). The van der Waals surface area contributed by atoms with Gasteiger partial charge in [0, 0.05) is 5.69 Å². The molecule has 0 bridgehead atoms. The number of carboxylic acid groups (broad SMARTS) is 1. The minimum Gasteiger partial charge on any atom is -0.480 e. The first kappa shape index (κ1) is 16.2. The fourth-order valence-corrected chi connectivity index (χ4v) is 1.89. The molecule has 0 radical (unpaired) electrons. The van der Waals surface area contributed by atoms with E-state index in [4.69, 9.17) is 0 Å². The van der Waals surface area contributed by atoms with Crippen LogP contribution in [-0.2, 0) is 9.59 Å². The summed E-state index contributed by atoms with van der Waals surface area (Å²) in [7, 11) is 0. The molecule has 110 valence electrons. The number of nitrogens with one attached hydrogen (secondary N) is 2. The summed E-state index contributed by atoms with van der Waals surface area (Å²) in [5.41, 5.74) is 0.747. The van der Waals surface area contributed by atoms with Gasteiger partial charge in [0.05, 0.1) is 6.54 Å². The zero-order chi connectivity index (χ0) is 15.2. The van der Waals surface area contributed by atoms with Crippen molar-refractivity contribution in [3.63, 3.8) is 0 Å². The highest BCUT2D eigenvalue weighted by Crippen LogP contribution is 2.12. The molecular weight excluding hydrogens is 256 g/mol. The molecule has 0 fully saturated rings. The minimum atomic E-state index is -1.07. The molecule has 5 nitrogen and oxygen atoms in total. The predicted molar refractivity (Wildman–Crippen MR) is 78.8 cm³/mol.